The Hall–Kier alpha value is -5.51. The summed E-state index contributed by atoms with van der Waals surface area (Å²) in [5.74, 6) is -61.5. The molecule has 0 aliphatic heterocycles. The van der Waals surface area contributed by atoms with Crippen LogP contribution >= 0.6 is 0 Å². The number of hydrogen-bond donors (Lipinski definition) is 0. The normalized spacial score (nSPS) is 12.0. The summed E-state index contributed by atoms with van der Waals surface area (Å²) in [6.07, 6.45) is -6.87. The average Bonchev–Trinajstić information content (AvgIpc) is 3.10. The molecule has 0 bridgehead atoms. The lowest BCUT2D eigenvalue weighted by molar-refractivity contribution is -0.588. The minimum absolute atomic E-state index is 0.451. The van der Waals surface area contributed by atoms with E-state index >= 15 is 35.1 Å². The Morgan fingerprint density at radius 3 is 0.962 bits per heavy atom. The maximum atomic E-state index is 15.4. The van der Waals surface area contributed by atoms with Crippen molar-refractivity contribution in [2.75, 3.05) is 0 Å². The van der Waals surface area contributed by atoms with Crippen LogP contribution in [0.2, 0.25) is 0 Å². The Labute approximate surface area is 275 Å². The molecule has 4 aromatic carbocycles. The van der Waals surface area contributed by atoms with Crippen LogP contribution in [0.5, 0.6) is 0 Å². The van der Waals surface area contributed by atoms with Gasteiger partial charge in [-0.15, -0.1) is 0 Å². The minimum Gasteiger partial charge on any atom is -0.203 e. The molecular weight excluding hydrogens is 792 g/mol. The van der Waals surface area contributed by atoms with Crippen LogP contribution in [0.4, 0.5) is 96.6 Å². The van der Waals surface area contributed by atoms with E-state index in [2.05, 4.69) is 0 Å². The molecule has 0 saturated heterocycles. The largest absolute Gasteiger partial charge is 0.422 e. The second-order valence-electron chi connectivity index (χ2n) is 10.1. The third kappa shape index (κ3) is 5.49. The summed E-state index contributed by atoms with van der Waals surface area (Å²) in [4.78, 5) is 0. The number of benzene rings is 4. The standard InChI is InChI=1S/C30H2F22N/c31-9-5(10(32)18(40)23(45)17(9)39)3-1-2-53(29-26(48)15(37)8(30(50,51)52)16(38)27(29)49)28(7-13(35)21(43)25(47)22(44)14(7)36)4(3)6-11(33)19(41)24(46)20(42)12(6)34/h1-2H/q+1. The van der Waals surface area contributed by atoms with Crippen LogP contribution in [0, 0.1) is 111 Å². The molecule has 1 heterocycles. The van der Waals surface area contributed by atoms with Crippen molar-refractivity contribution >= 4 is 0 Å². The summed E-state index contributed by atoms with van der Waals surface area (Å²) < 4.78 is 320. The van der Waals surface area contributed by atoms with Crippen molar-refractivity contribution in [3.8, 4) is 39.2 Å². The molecule has 1 aromatic heterocycles. The Bertz CT molecular complexity index is 2320. The highest BCUT2D eigenvalue weighted by Gasteiger charge is 2.47. The Kier molecular flexibility index (Phi) is 9.39. The van der Waals surface area contributed by atoms with Gasteiger partial charge in [-0.1, -0.05) is 0 Å². The maximum absolute atomic E-state index is 15.4. The van der Waals surface area contributed by atoms with E-state index in [0.717, 1.165) is 0 Å². The summed E-state index contributed by atoms with van der Waals surface area (Å²) >= 11 is 0. The van der Waals surface area contributed by atoms with Crippen molar-refractivity contribution in [1.29, 1.82) is 0 Å². The van der Waals surface area contributed by atoms with Crippen molar-refractivity contribution < 1.29 is 101 Å². The van der Waals surface area contributed by atoms with E-state index in [1.807, 2.05) is 0 Å². The fourth-order valence-electron chi connectivity index (χ4n) is 5.01. The molecule has 0 amide bonds. The molecule has 5 aromatic rings. The predicted molar refractivity (Wildman–Crippen MR) is 128 cm³/mol. The van der Waals surface area contributed by atoms with Gasteiger partial charge >= 0.3 is 6.18 Å². The van der Waals surface area contributed by atoms with Crippen LogP contribution in [0.15, 0.2) is 12.3 Å². The summed E-state index contributed by atoms with van der Waals surface area (Å²) in [5, 5.41) is 0. The highest BCUT2D eigenvalue weighted by Crippen LogP contribution is 2.47. The molecule has 0 radical (unpaired) electrons. The fraction of sp³-hybridized carbons (Fsp3) is 0.0333. The minimum atomic E-state index is -6.35. The van der Waals surface area contributed by atoms with Crippen LogP contribution in [0.1, 0.15) is 5.56 Å². The van der Waals surface area contributed by atoms with Gasteiger partial charge in [0.15, 0.2) is 87.6 Å². The van der Waals surface area contributed by atoms with E-state index < -0.39 is 178 Å². The third-order valence-electron chi connectivity index (χ3n) is 7.29. The van der Waals surface area contributed by atoms with Crippen molar-refractivity contribution in [1.82, 2.24) is 0 Å². The van der Waals surface area contributed by atoms with E-state index in [4.69, 9.17) is 0 Å². The van der Waals surface area contributed by atoms with E-state index in [9.17, 15) is 61.5 Å². The van der Waals surface area contributed by atoms with Gasteiger partial charge in [0.25, 0.3) is 5.69 Å². The van der Waals surface area contributed by atoms with Gasteiger partial charge < -0.3 is 0 Å². The molecule has 0 spiro atoms. The Balaban J connectivity index is 2.26. The fourth-order valence-corrected chi connectivity index (χ4v) is 5.01. The second-order valence-corrected chi connectivity index (χ2v) is 10.1. The number of aromatic nitrogens is 1. The van der Waals surface area contributed by atoms with Crippen LogP contribution in [-0.2, 0) is 6.18 Å². The molecule has 53 heavy (non-hydrogen) atoms. The molecule has 5 rings (SSSR count). The van der Waals surface area contributed by atoms with Gasteiger partial charge in [0.2, 0.25) is 34.8 Å². The van der Waals surface area contributed by atoms with Crippen LogP contribution in [-0.4, -0.2) is 0 Å². The lowest BCUT2D eigenvalue weighted by atomic mass is 9.88. The van der Waals surface area contributed by atoms with E-state index in [1.54, 1.807) is 0 Å². The Morgan fingerprint density at radius 1 is 0.321 bits per heavy atom. The average molecular weight is 794 g/mol. The van der Waals surface area contributed by atoms with Crippen molar-refractivity contribution in [2.45, 2.75) is 6.18 Å². The number of hydrogen-bond acceptors (Lipinski definition) is 0. The number of alkyl halides is 3. The number of rotatable bonds is 4. The predicted octanol–water partition coefficient (Wildman–Crippen LogP) is 10.6. The first-order valence-electron chi connectivity index (χ1n) is 13.0. The Morgan fingerprint density at radius 2 is 0.623 bits per heavy atom. The molecule has 23 heteroatoms. The van der Waals surface area contributed by atoms with E-state index in [0.29, 0.717) is 0 Å². The summed E-state index contributed by atoms with van der Waals surface area (Å²) in [7, 11) is 0. The topological polar surface area (TPSA) is 3.88 Å². The lowest BCUT2D eigenvalue weighted by Gasteiger charge is -2.19. The molecular formula is C30H2F22N+. The van der Waals surface area contributed by atoms with Crippen LogP contribution in [0.3, 0.4) is 0 Å². The van der Waals surface area contributed by atoms with Gasteiger partial charge in [-0.3, -0.25) is 0 Å². The molecule has 0 atom stereocenters. The van der Waals surface area contributed by atoms with Gasteiger partial charge in [-0.05, 0) is 0 Å². The zero-order valence-corrected chi connectivity index (χ0v) is 23.9. The molecule has 1 nitrogen and oxygen atoms in total. The molecule has 0 saturated carbocycles. The molecule has 280 valence electrons. The summed E-state index contributed by atoms with van der Waals surface area (Å²) in [5.41, 5.74) is -22.5. The highest BCUT2D eigenvalue weighted by molar-refractivity contribution is 5.92. The highest BCUT2D eigenvalue weighted by atomic mass is 19.4. The zero-order chi connectivity index (χ0) is 40.1. The third-order valence-corrected chi connectivity index (χ3v) is 7.29. The first kappa shape index (κ1) is 38.7. The van der Waals surface area contributed by atoms with E-state index in [-0.39, 0.29) is 0 Å². The van der Waals surface area contributed by atoms with Gasteiger partial charge in [-0.25, -0.2) is 74.6 Å². The van der Waals surface area contributed by atoms with Gasteiger partial charge in [0.1, 0.15) is 11.1 Å². The van der Waals surface area contributed by atoms with E-state index in [1.165, 1.54) is 0 Å². The van der Waals surface area contributed by atoms with Crippen molar-refractivity contribution in [2.24, 2.45) is 0 Å². The number of pyridine rings is 1. The quantitative estimate of drug-likeness (QED) is 0.0739. The monoisotopic (exact) mass is 794 g/mol. The summed E-state index contributed by atoms with van der Waals surface area (Å²) in [6, 6.07) is -0.451. The maximum Gasteiger partial charge on any atom is 0.422 e. The SMILES string of the molecule is Fc1c(F)c(F)c(-c2cc[n+](-c3c(F)c(F)c(C(F)(F)F)c(F)c3F)c(-c3c(F)c(F)c(F)c(F)c3F)c2-c2c(F)c(F)c(F)c(F)c2F)c(F)c1F. The molecule has 0 aliphatic rings. The number of halogens is 22. The van der Waals surface area contributed by atoms with Gasteiger partial charge in [-0.2, -0.15) is 26.5 Å². The van der Waals surface area contributed by atoms with Crippen LogP contribution in [0.25, 0.3) is 39.2 Å². The zero-order valence-electron chi connectivity index (χ0n) is 23.9. The molecule has 0 N–H and O–H groups in total. The number of nitrogens with zero attached hydrogens (tertiary/aromatic N) is 1. The molecule has 0 fully saturated rings. The first-order chi connectivity index (χ1) is 24.4. The summed E-state index contributed by atoms with van der Waals surface area (Å²) in [6.45, 7) is 0. The van der Waals surface area contributed by atoms with Gasteiger partial charge in [0, 0.05) is 11.6 Å². The second kappa shape index (κ2) is 12.9. The molecule has 0 aliphatic carbocycles. The first-order valence-corrected chi connectivity index (χ1v) is 13.0. The van der Waals surface area contributed by atoms with Crippen LogP contribution < -0.4 is 4.57 Å². The van der Waals surface area contributed by atoms with Crippen molar-refractivity contribution in [3.63, 3.8) is 0 Å². The lowest BCUT2D eigenvalue weighted by Crippen LogP contribution is -2.39. The smallest absolute Gasteiger partial charge is 0.203 e. The van der Waals surface area contributed by atoms with Gasteiger partial charge in [0.05, 0.1) is 16.7 Å². The van der Waals surface area contributed by atoms with Crippen molar-refractivity contribution in [3.05, 3.63) is 128 Å². The molecule has 0 unspecified atom stereocenters.